The fourth-order valence-corrected chi connectivity index (χ4v) is 6.67. The van der Waals surface area contributed by atoms with Crippen LogP contribution >= 0.6 is 35.7 Å². The van der Waals surface area contributed by atoms with Crippen molar-refractivity contribution in [3.63, 3.8) is 0 Å². The first kappa shape index (κ1) is 30.1. The zero-order valence-corrected chi connectivity index (χ0v) is 23.7. The zero-order chi connectivity index (χ0) is 24.5. The smallest absolute Gasteiger partial charge is 0.228 e. The standard InChI is InChI=1S/C27H43NO2S3/c1-7-8-9-10-11-12-13-14-15-16-19-32-26(31)33-25(21-27(2,3)28-4)22-17-18-23(29-5)24(20-22)30-6/h17-18,20,25H,7-16,19,21H2,1-3,5-6H3. The summed E-state index contributed by atoms with van der Waals surface area (Å²) in [5.74, 6) is 2.50. The summed E-state index contributed by atoms with van der Waals surface area (Å²) in [5, 5.41) is 0.113. The number of thioether (sulfide) groups is 2. The van der Waals surface area contributed by atoms with Crippen LogP contribution in [0.25, 0.3) is 4.85 Å². The average molecular weight is 510 g/mol. The van der Waals surface area contributed by atoms with Gasteiger partial charge in [-0.2, -0.15) is 0 Å². The topological polar surface area (TPSA) is 22.8 Å². The Morgan fingerprint density at radius 2 is 1.55 bits per heavy atom. The molecular formula is C27H43NO2S3. The first-order chi connectivity index (χ1) is 15.9. The van der Waals surface area contributed by atoms with Gasteiger partial charge >= 0.3 is 0 Å². The summed E-state index contributed by atoms with van der Waals surface area (Å²) < 4.78 is 11.9. The summed E-state index contributed by atoms with van der Waals surface area (Å²) in [6.45, 7) is 13.8. The number of benzene rings is 1. The SMILES string of the molecule is [C-]#[N+]C(C)(C)CC(SC(=S)SCCCCCCCCCCCC)c1ccc(OC)c(OC)c1. The second-order valence-electron chi connectivity index (χ2n) is 9.13. The van der Waals surface area contributed by atoms with Gasteiger partial charge in [0.25, 0.3) is 0 Å². The van der Waals surface area contributed by atoms with Gasteiger partial charge in [-0.25, -0.2) is 6.57 Å². The largest absolute Gasteiger partial charge is 0.493 e. The van der Waals surface area contributed by atoms with Crippen LogP contribution < -0.4 is 9.47 Å². The molecular weight excluding hydrogens is 467 g/mol. The molecule has 1 aromatic carbocycles. The molecule has 1 atom stereocenters. The van der Waals surface area contributed by atoms with Gasteiger partial charge in [-0.1, -0.05) is 94.8 Å². The van der Waals surface area contributed by atoms with E-state index in [-0.39, 0.29) is 5.25 Å². The molecule has 0 saturated carbocycles. The number of thiocarbonyl (C=S) groups is 1. The third-order valence-electron chi connectivity index (χ3n) is 5.72. The number of ether oxygens (including phenoxy) is 2. The molecule has 0 spiro atoms. The van der Waals surface area contributed by atoms with Crippen molar-refractivity contribution in [3.05, 3.63) is 35.2 Å². The molecule has 0 aliphatic carbocycles. The fraction of sp³-hybridized carbons (Fsp3) is 0.704. The fourth-order valence-electron chi connectivity index (χ4n) is 3.68. The minimum atomic E-state index is -0.443. The third kappa shape index (κ3) is 12.9. The van der Waals surface area contributed by atoms with Crippen molar-refractivity contribution >= 4 is 39.3 Å². The monoisotopic (exact) mass is 509 g/mol. The number of rotatable bonds is 17. The lowest BCUT2D eigenvalue weighted by Crippen LogP contribution is -2.18. The highest BCUT2D eigenvalue weighted by Gasteiger charge is 2.30. The van der Waals surface area contributed by atoms with Crippen LogP contribution in [0.1, 0.15) is 102 Å². The van der Waals surface area contributed by atoms with E-state index >= 15 is 0 Å². The maximum absolute atomic E-state index is 7.57. The van der Waals surface area contributed by atoms with Crippen LogP contribution in [0.3, 0.4) is 0 Å². The van der Waals surface area contributed by atoms with Gasteiger partial charge in [-0.3, -0.25) is 0 Å². The molecule has 0 bridgehead atoms. The second-order valence-corrected chi connectivity index (χ2v) is 12.6. The average Bonchev–Trinajstić information content (AvgIpc) is 2.81. The first-order valence-electron chi connectivity index (χ1n) is 12.3. The van der Waals surface area contributed by atoms with E-state index in [2.05, 4.69) is 17.8 Å². The summed E-state index contributed by atoms with van der Waals surface area (Å²) in [5.41, 5.74) is 0.679. The normalized spacial score (nSPS) is 12.2. The third-order valence-corrected chi connectivity index (χ3v) is 8.65. The Morgan fingerprint density at radius 1 is 0.970 bits per heavy atom. The van der Waals surface area contributed by atoms with E-state index in [0.717, 1.165) is 21.3 Å². The van der Waals surface area contributed by atoms with Gasteiger partial charge < -0.3 is 14.3 Å². The Balaban J connectivity index is 2.49. The molecule has 0 radical (unpaired) electrons. The molecule has 0 aromatic heterocycles. The van der Waals surface area contributed by atoms with Crippen molar-refractivity contribution in [2.24, 2.45) is 0 Å². The van der Waals surface area contributed by atoms with Crippen molar-refractivity contribution < 1.29 is 9.47 Å². The summed E-state index contributed by atoms with van der Waals surface area (Å²) in [6.07, 6.45) is 14.2. The summed E-state index contributed by atoms with van der Waals surface area (Å²) >= 11 is 9.23. The highest BCUT2D eigenvalue weighted by Crippen LogP contribution is 2.43. The van der Waals surface area contributed by atoms with Gasteiger partial charge in [0.1, 0.15) is 3.53 Å². The second kappa shape index (κ2) is 17.5. The predicted molar refractivity (Wildman–Crippen MR) is 152 cm³/mol. The molecule has 0 aliphatic rings. The quantitative estimate of drug-likeness (QED) is 0.118. The number of methoxy groups -OCH3 is 2. The minimum Gasteiger partial charge on any atom is -0.493 e. The molecule has 1 unspecified atom stereocenters. The van der Waals surface area contributed by atoms with E-state index in [4.69, 9.17) is 28.3 Å². The lowest BCUT2D eigenvalue weighted by Gasteiger charge is -2.22. The molecule has 0 amide bonds. The van der Waals surface area contributed by atoms with Gasteiger partial charge in [0.05, 0.1) is 14.2 Å². The molecule has 33 heavy (non-hydrogen) atoms. The maximum atomic E-state index is 7.57. The Bertz CT molecular complexity index is 731. The van der Waals surface area contributed by atoms with Gasteiger partial charge in [-0.15, -0.1) is 11.8 Å². The molecule has 0 fully saturated rings. The molecule has 1 aromatic rings. The van der Waals surface area contributed by atoms with Crippen LogP contribution in [0.15, 0.2) is 18.2 Å². The molecule has 1 rings (SSSR count). The van der Waals surface area contributed by atoms with Crippen molar-refractivity contribution in [2.45, 2.75) is 102 Å². The van der Waals surface area contributed by atoms with Crippen LogP contribution in [0.2, 0.25) is 0 Å². The predicted octanol–water partition coefficient (Wildman–Crippen LogP) is 9.51. The lowest BCUT2D eigenvalue weighted by atomic mass is 9.95. The molecule has 0 N–H and O–H groups in total. The minimum absolute atomic E-state index is 0.113. The summed E-state index contributed by atoms with van der Waals surface area (Å²) in [7, 11) is 3.30. The van der Waals surface area contributed by atoms with Crippen LogP contribution in [0, 0.1) is 6.57 Å². The molecule has 3 nitrogen and oxygen atoms in total. The highest BCUT2D eigenvalue weighted by molar-refractivity contribution is 8.47. The summed E-state index contributed by atoms with van der Waals surface area (Å²) in [6, 6.07) is 6.02. The van der Waals surface area contributed by atoms with E-state index in [1.165, 1.54) is 64.2 Å². The lowest BCUT2D eigenvalue weighted by molar-refractivity contribution is 0.354. The Kier molecular flexibility index (Phi) is 16.0. The van der Waals surface area contributed by atoms with Crippen LogP contribution in [0.4, 0.5) is 0 Å². The zero-order valence-electron chi connectivity index (χ0n) is 21.3. The summed E-state index contributed by atoms with van der Waals surface area (Å²) in [4.78, 5) is 3.83. The van der Waals surface area contributed by atoms with E-state index < -0.39 is 5.54 Å². The molecule has 0 heterocycles. The maximum Gasteiger partial charge on any atom is 0.228 e. The van der Waals surface area contributed by atoms with Crippen LogP contribution in [-0.2, 0) is 0 Å². The Morgan fingerprint density at radius 3 is 2.09 bits per heavy atom. The van der Waals surface area contributed by atoms with Gasteiger partial charge in [0.2, 0.25) is 5.54 Å². The number of hydrogen-bond acceptors (Lipinski definition) is 5. The van der Waals surface area contributed by atoms with Crippen molar-refractivity contribution in [2.75, 3.05) is 20.0 Å². The molecule has 6 heteroatoms. The Labute approximate surface area is 217 Å². The van der Waals surface area contributed by atoms with Gasteiger partial charge in [-0.05, 0) is 29.9 Å². The van der Waals surface area contributed by atoms with E-state index in [1.54, 1.807) is 37.7 Å². The van der Waals surface area contributed by atoms with Gasteiger partial charge in [0.15, 0.2) is 11.5 Å². The molecule has 0 saturated heterocycles. The highest BCUT2D eigenvalue weighted by atomic mass is 32.2. The number of nitrogens with zero attached hydrogens (tertiary/aromatic N) is 1. The van der Waals surface area contributed by atoms with Crippen molar-refractivity contribution in [3.8, 4) is 11.5 Å². The molecule has 186 valence electrons. The van der Waals surface area contributed by atoms with Crippen molar-refractivity contribution in [1.82, 2.24) is 0 Å². The van der Waals surface area contributed by atoms with E-state index in [9.17, 15) is 0 Å². The number of hydrogen-bond donors (Lipinski definition) is 0. The van der Waals surface area contributed by atoms with E-state index in [0.29, 0.717) is 11.5 Å². The molecule has 0 aliphatic heterocycles. The van der Waals surface area contributed by atoms with E-state index in [1.807, 2.05) is 26.0 Å². The number of unbranched alkanes of at least 4 members (excludes halogenated alkanes) is 9. The van der Waals surface area contributed by atoms with Crippen LogP contribution in [0.5, 0.6) is 11.5 Å². The first-order valence-corrected chi connectivity index (χ1v) is 14.6. The van der Waals surface area contributed by atoms with Crippen LogP contribution in [-0.4, -0.2) is 29.0 Å². The van der Waals surface area contributed by atoms with Crippen molar-refractivity contribution in [1.29, 1.82) is 0 Å². The Hall–Kier alpha value is -0.900. The van der Waals surface area contributed by atoms with Gasteiger partial charge in [0, 0.05) is 25.5 Å².